The fourth-order valence-electron chi connectivity index (χ4n) is 4.13. The van der Waals surface area contributed by atoms with Crippen LogP contribution in [0.2, 0.25) is 0 Å². The molecule has 0 saturated heterocycles. The maximum Gasteiger partial charge on any atom is 0.342 e. The van der Waals surface area contributed by atoms with Crippen LogP contribution in [-0.2, 0) is 21.7 Å². The van der Waals surface area contributed by atoms with Gasteiger partial charge in [0.25, 0.3) is 5.79 Å². The first-order chi connectivity index (χ1) is 17.4. The number of cyclic esters (lactones) is 1. The van der Waals surface area contributed by atoms with Crippen molar-refractivity contribution >= 4 is 34.3 Å². The summed E-state index contributed by atoms with van der Waals surface area (Å²) in [6.07, 6.45) is 2.39. The van der Waals surface area contributed by atoms with E-state index in [-0.39, 0.29) is 28.9 Å². The summed E-state index contributed by atoms with van der Waals surface area (Å²) in [5.74, 6) is -3.18. The second-order valence-electron chi connectivity index (χ2n) is 8.23. The van der Waals surface area contributed by atoms with Crippen molar-refractivity contribution in [2.45, 2.75) is 25.6 Å². The van der Waals surface area contributed by atoms with E-state index in [2.05, 4.69) is 13.7 Å². The molecule has 10 heteroatoms. The molecule has 2 aromatic carbocycles. The fraction of sp³-hybridized carbons (Fsp3) is 0.231. The van der Waals surface area contributed by atoms with E-state index in [4.69, 9.17) is 14.2 Å². The second kappa shape index (κ2) is 9.63. The summed E-state index contributed by atoms with van der Waals surface area (Å²) in [6.45, 7) is 2.27. The molecule has 0 amide bonds. The van der Waals surface area contributed by atoms with Crippen LogP contribution in [-0.4, -0.2) is 38.5 Å². The first kappa shape index (κ1) is 23.8. The van der Waals surface area contributed by atoms with Gasteiger partial charge < -0.3 is 19.3 Å². The van der Waals surface area contributed by atoms with Crippen LogP contribution in [0.3, 0.4) is 0 Å². The summed E-state index contributed by atoms with van der Waals surface area (Å²) in [5, 5.41) is 11.8. The number of aliphatic hydroxyl groups is 1. The van der Waals surface area contributed by atoms with E-state index < -0.39 is 17.6 Å². The van der Waals surface area contributed by atoms with Gasteiger partial charge in [-0.05, 0) is 53.9 Å². The molecule has 184 valence electrons. The number of aromatic nitrogens is 3. The third-order valence-corrected chi connectivity index (χ3v) is 6.43. The number of pyridine rings is 1. The molecular weight excluding hydrogens is 485 g/mol. The normalized spacial score (nSPS) is 17.5. The standard InChI is InChI=1S/C26H22FN3O5S/c1-3-10-34-22-7-5-17(14-19(22)27)26(32)18(11-15-8-9-28-23(12-15)33-2)24(25(31)35-26)16-4-6-20-21(13-16)30-36-29-20/h4-9,12-14,32H,3,10-11H2,1-2H3. The molecule has 1 N–H and O–H groups in total. The number of hydrogen-bond acceptors (Lipinski definition) is 9. The molecule has 0 saturated carbocycles. The summed E-state index contributed by atoms with van der Waals surface area (Å²) < 4.78 is 39.5. The van der Waals surface area contributed by atoms with E-state index in [0.717, 1.165) is 17.8 Å². The monoisotopic (exact) mass is 507 g/mol. The number of methoxy groups -OCH3 is 1. The number of fused-ring (bicyclic) bond motifs is 1. The van der Waals surface area contributed by atoms with Crippen LogP contribution in [0.1, 0.15) is 30.0 Å². The lowest BCUT2D eigenvalue weighted by atomic mass is 9.88. The molecule has 0 radical (unpaired) electrons. The van der Waals surface area contributed by atoms with E-state index in [1.165, 1.54) is 19.2 Å². The Morgan fingerprint density at radius 2 is 1.94 bits per heavy atom. The Morgan fingerprint density at radius 1 is 1.11 bits per heavy atom. The number of rotatable bonds is 8. The molecule has 1 unspecified atom stereocenters. The number of carbonyl (C=O) groups is 1. The zero-order valence-electron chi connectivity index (χ0n) is 19.5. The Morgan fingerprint density at radius 3 is 2.72 bits per heavy atom. The Labute approximate surface area is 210 Å². The number of esters is 1. The zero-order chi connectivity index (χ0) is 25.3. The first-order valence-electron chi connectivity index (χ1n) is 11.3. The summed E-state index contributed by atoms with van der Waals surface area (Å²) in [5.41, 5.74) is 3.03. The fourth-order valence-corrected chi connectivity index (χ4v) is 4.64. The second-order valence-corrected chi connectivity index (χ2v) is 8.76. The summed E-state index contributed by atoms with van der Waals surface area (Å²) in [4.78, 5) is 17.3. The SMILES string of the molecule is CCCOc1ccc(C2(O)OC(=O)C(c3ccc4nsnc4c3)=C2Cc2ccnc(OC)c2)cc1F. The molecule has 5 rings (SSSR count). The summed E-state index contributed by atoms with van der Waals surface area (Å²) >= 11 is 1.06. The highest BCUT2D eigenvalue weighted by Gasteiger charge is 2.48. The predicted octanol–water partition coefficient (Wildman–Crippen LogP) is 4.42. The molecule has 1 atom stereocenters. The average molecular weight is 508 g/mol. The van der Waals surface area contributed by atoms with Crippen LogP contribution >= 0.6 is 11.7 Å². The van der Waals surface area contributed by atoms with Crippen molar-refractivity contribution in [2.24, 2.45) is 0 Å². The first-order valence-corrected chi connectivity index (χ1v) is 12.0. The van der Waals surface area contributed by atoms with Gasteiger partial charge in [0.2, 0.25) is 5.88 Å². The quantitative estimate of drug-likeness (QED) is 0.350. The van der Waals surface area contributed by atoms with Gasteiger partial charge >= 0.3 is 5.97 Å². The largest absolute Gasteiger partial charge is 0.491 e. The molecule has 4 aromatic rings. The van der Waals surface area contributed by atoms with Gasteiger partial charge in [0.05, 0.1) is 31.0 Å². The van der Waals surface area contributed by atoms with Crippen molar-refractivity contribution in [3.05, 3.63) is 82.8 Å². The molecule has 2 aromatic heterocycles. The van der Waals surface area contributed by atoms with Crippen LogP contribution < -0.4 is 9.47 Å². The molecule has 1 aliphatic heterocycles. The van der Waals surface area contributed by atoms with Crippen LogP contribution in [0.4, 0.5) is 4.39 Å². The maximum absolute atomic E-state index is 14.9. The highest BCUT2D eigenvalue weighted by atomic mass is 32.1. The van der Waals surface area contributed by atoms with Crippen molar-refractivity contribution in [1.29, 1.82) is 0 Å². The number of hydrogen-bond donors (Lipinski definition) is 1. The van der Waals surface area contributed by atoms with Crippen LogP contribution in [0.15, 0.2) is 60.3 Å². The van der Waals surface area contributed by atoms with Crippen molar-refractivity contribution in [1.82, 2.24) is 13.7 Å². The Bertz CT molecular complexity index is 1490. The number of nitrogens with zero attached hydrogens (tertiary/aromatic N) is 3. The van der Waals surface area contributed by atoms with Crippen molar-refractivity contribution < 1.29 is 28.5 Å². The van der Waals surface area contributed by atoms with Crippen molar-refractivity contribution in [3.8, 4) is 11.6 Å². The lowest BCUT2D eigenvalue weighted by Crippen LogP contribution is -2.30. The number of halogens is 1. The Kier molecular flexibility index (Phi) is 6.38. The third-order valence-electron chi connectivity index (χ3n) is 5.87. The van der Waals surface area contributed by atoms with Gasteiger partial charge in [0, 0.05) is 29.8 Å². The molecule has 8 nitrogen and oxygen atoms in total. The number of carbonyl (C=O) groups excluding carboxylic acids is 1. The minimum absolute atomic E-state index is 0.0552. The molecule has 0 bridgehead atoms. The van der Waals surface area contributed by atoms with E-state index in [0.29, 0.717) is 41.1 Å². The maximum atomic E-state index is 14.9. The van der Waals surface area contributed by atoms with E-state index in [1.54, 1.807) is 36.5 Å². The smallest absolute Gasteiger partial charge is 0.342 e. The van der Waals surface area contributed by atoms with Gasteiger partial charge in [-0.25, -0.2) is 14.2 Å². The van der Waals surface area contributed by atoms with Gasteiger partial charge in [-0.3, -0.25) is 0 Å². The van der Waals surface area contributed by atoms with Crippen LogP contribution in [0, 0.1) is 5.82 Å². The Balaban J connectivity index is 1.65. The van der Waals surface area contributed by atoms with Crippen molar-refractivity contribution in [2.75, 3.05) is 13.7 Å². The van der Waals surface area contributed by atoms with Crippen molar-refractivity contribution in [3.63, 3.8) is 0 Å². The lowest BCUT2D eigenvalue weighted by molar-refractivity contribution is -0.185. The van der Waals surface area contributed by atoms with Crippen LogP contribution in [0.25, 0.3) is 16.6 Å². The molecule has 0 spiro atoms. The van der Waals surface area contributed by atoms with Crippen LogP contribution in [0.5, 0.6) is 11.6 Å². The van der Waals surface area contributed by atoms with Gasteiger partial charge in [0.1, 0.15) is 11.0 Å². The molecule has 3 heterocycles. The summed E-state index contributed by atoms with van der Waals surface area (Å²) in [7, 11) is 1.50. The minimum Gasteiger partial charge on any atom is -0.491 e. The topological polar surface area (TPSA) is 104 Å². The summed E-state index contributed by atoms with van der Waals surface area (Å²) in [6, 6.07) is 12.7. The predicted molar refractivity (Wildman–Crippen MR) is 131 cm³/mol. The average Bonchev–Trinajstić information content (AvgIpc) is 3.45. The van der Waals surface area contributed by atoms with Gasteiger partial charge in [-0.2, -0.15) is 8.75 Å². The molecule has 36 heavy (non-hydrogen) atoms. The van der Waals surface area contributed by atoms with Gasteiger partial charge in [-0.15, -0.1) is 0 Å². The minimum atomic E-state index is -2.21. The Hall–Kier alpha value is -3.89. The molecule has 0 aliphatic carbocycles. The van der Waals surface area contributed by atoms with E-state index in [9.17, 15) is 14.3 Å². The molecular formula is C26H22FN3O5S. The van der Waals surface area contributed by atoms with E-state index in [1.807, 2.05) is 6.92 Å². The number of benzene rings is 2. The molecule has 1 aliphatic rings. The number of ether oxygens (including phenoxy) is 3. The highest BCUT2D eigenvalue weighted by Crippen LogP contribution is 2.45. The van der Waals surface area contributed by atoms with Gasteiger partial charge in [-0.1, -0.05) is 13.0 Å². The molecule has 0 fully saturated rings. The highest BCUT2D eigenvalue weighted by molar-refractivity contribution is 7.00. The van der Waals surface area contributed by atoms with E-state index >= 15 is 0 Å². The lowest BCUT2D eigenvalue weighted by Gasteiger charge is -2.26. The van der Waals surface area contributed by atoms with Gasteiger partial charge in [0.15, 0.2) is 11.6 Å². The zero-order valence-corrected chi connectivity index (χ0v) is 20.3. The third kappa shape index (κ3) is 4.29.